The molecule has 21 heavy (non-hydrogen) atoms. The van der Waals surface area contributed by atoms with E-state index in [1.807, 2.05) is 6.92 Å². The number of hydrogen-bond acceptors (Lipinski definition) is 4. The van der Waals surface area contributed by atoms with Gasteiger partial charge >= 0.3 is 0 Å². The maximum Gasteiger partial charge on any atom is 0.165 e. The fraction of sp³-hybridized carbons (Fsp3) is 0.250. The predicted molar refractivity (Wildman–Crippen MR) is 76.3 cm³/mol. The molecule has 0 aliphatic heterocycles. The molecule has 2 aromatic rings. The minimum absolute atomic E-state index is 0.0854. The number of rotatable bonds is 5. The molecule has 1 heterocycles. The Morgan fingerprint density at radius 3 is 2.67 bits per heavy atom. The number of Topliss-reactive ketones (excluding diaryl/α,β-unsaturated/α-hetero) is 1. The molecule has 1 aromatic carbocycles. The normalized spacial score (nSPS) is 10.3. The maximum absolute atomic E-state index is 13.8. The molecule has 0 unspecified atom stereocenters. The summed E-state index contributed by atoms with van der Waals surface area (Å²) in [6, 6.07) is 7.67. The highest BCUT2D eigenvalue weighted by Gasteiger charge is 2.08. The zero-order valence-corrected chi connectivity index (χ0v) is 12.1. The molecule has 0 aliphatic rings. The van der Waals surface area contributed by atoms with Crippen molar-refractivity contribution in [1.82, 2.24) is 4.98 Å². The van der Waals surface area contributed by atoms with Gasteiger partial charge in [0.05, 0.1) is 12.8 Å². The van der Waals surface area contributed by atoms with Gasteiger partial charge in [0.2, 0.25) is 0 Å². The summed E-state index contributed by atoms with van der Waals surface area (Å²) in [5, 5.41) is 0. The molecule has 0 saturated carbocycles. The first-order valence-electron chi connectivity index (χ1n) is 6.44. The van der Waals surface area contributed by atoms with E-state index in [1.165, 1.54) is 25.1 Å². The van der Waals surface area contributed by atoms with E-state index in [-0.39, 0.29) is 18.1 Å². The highest BCUT2D eigenvalue weighted by atomic mass is 19.1. The van der Waals surface area contributed by atoms with Gasteiger partial charge in [-0.05, 0) is 32.0 Å². The number of nitrogens with zero attached hydrogens (tertiary/aromatic N) is 1. The standard InChI is InChI=1S/C16H16FNO3/c1-10-6-14(20-3)8-13(18-10)9-21-16-5-4-12(11(2)19)7-15(16)17/h4-8H,9H2,1-3H3. The smallest absolute Gasteiger partial charge is 0.165 e. The van der Waals surface area contributed by atoms with Crippen LogP contribution in [0.1, 0.15) is 28.7 Å². The largest absolute Gasteiger partial charge is 0.497 e. The molecular formula is C16H16FNO3. The summed E-state index contributed by atoms with van der Waals surface area (Å²) in [5.41, 5.74) is 1.75. The Balaban J connectivity index is 2.13. The summed E-state index contributed by atoms with van der Waals surface area (Å²) < 4.78 is 24.4. The molecule has 0 spiro atoms. The van der Waals surface area contributed by atoms with E-state index < -0.39 is 5.82 Å². The monoisotopic (exact) mass is 289 g/mol. The fourth-order valence-corrected chi connectivity index (χ4v) is 1.88. The van der Waals surface area contributed by atoms with Gasteiger partial charge in [-0.2, -0.15) is 0 Å². The van der Waals surface area contributed by atoms with Crippen LogP contribution in [0.2, 0.25) is 0 Å². The number of carbonyl (C=O) groups excluding carboxylic acids is 1. The first-order valence-corrected chi connectivity index (χ1v) is 6.44. The molecule has 0 radical (unpaired) electrons. The molecule has 1 aromatic heterocycles. The van der Waals surface area contributed by atoms with E-state index in [9.17, 15) is 9.18 Å². The van der Waals surface area contributed by atoms with Crippen LogP contribution < -0.4 is 9.47 Å². The third kappa shape index (κ3) is 3.78. The lowest BCUT2D eigenvalue weighted by Crippen LogP contribution is -2.02. The molecule has 0 N–H and O–H groups in total. The molecule has 2 rings (SSSR count). The summed E-state index contributed by atoms with van der Waals surface area (Å²) in [7, 11) is 1.57. The van der Waals surface area contributed by atoms with Crippen molar-refractivity contribution in [2.45, 2.75) is 20.5 Å². The Morgan fingerprint density at radius 1 is 1.29 bits per heavy atom. The number of aromatic nitrogens is 1. The van der Waals surface area contributed by atoms with Crippen LogP contribution in [0, 0.1) is 12.7 Å². The van der Waals surface area contributed by atoms with E-state index in [2.05, 4.69) is 4.98 Å². The van der Waals surface area contributed by atoms with Crippen LogP contribution in [-0.4, -0.2) is 17.9 Å². The zero-order chi connectivity index (χ0) is 15.4. The van der Waals surface area contributed by atoms with Gasteiger partial charge in [-0.25, -0.2) is 4.39 Å². The summed E-state index contributed by atoms with van der Waals surface area (Å²) >= 11 is 0. The predicted octanol–water partition coefficient (Wildman–Crippen LogP) is 3.32. The third-order valence-electron chi connectivity index (χ3n) is 2.93. The van der Waals surface area contributed by atoms with Crippen molar-refractivity contribution < 1.29 is 18.7 Å². The first-order chi connectivity index (χ1) is 9.99. The highest BCUT2D eigenvalue weighted by Crippen LogP contribution is 2.21. The van der Waals surface area contributed by atoms with Crippen molar-refractivity contribution in [2.75, 3.05) is 7.11 Å². The Bertz CT molecular complexity index is 671. The Morgan fingerprint density at radius 2 is 2.05 bits per heavy atom. The summed E-state index contributed by atoms with van der Waals surface area (Å²) in [6.07, 6.45) is 0. The van der Waals surface area contributed by atoms with Gasteiger partial charge in [0.1, 0.15) is 12.4 Å². The first kappa shape index (κ1) is 15.0. The number of aryl methyl sites for hydroxylation is 1. The average Bonchev–Trinajstić information content (AvgIpc) is 2.45. The number of methoxy groups -OCH3 is 1. The molecule has 5 heteroatoms. The SMILES string of the molecule is COc1cc(C)nc(COc2ccc(C(C)=O)cc2F)c1. The van der Waals surface area contributed by atoms with Crippen molar-refractivity contribution in [3.63, 3.8) is 0 Å². The third-order valence-corrected chi connectivity index (χ3v) is 2.93. The molecule has 0 atom stereocenters. The quantitative estimate of drug-likeness (QED) is 0.792. The second kappa shape index (κ2) is 6.35. The number of halogens is 1. The second-order valence-electron chi connectivity index (χ2n) is 4.63. The molecule has 0 bridgehead atoms. The number of hydrogen-bond donors (Lipinski definition) is 0. The van der Waals surface area contributed by atoms with Crippen molar-refractivity contribution in [2.24, 2.45) is 0 Å². The summed E-state index contributed by atoms with van der Waals surface area (Å²) in [4.78, 5) is 15.5. The van der Waals surface area contributed by atoms with Crippen molar-refractivity contribution in [3.05, 3.63) is 53.1 Å². The van der Waals surface area contributed by atoms with E-state index in [4.69, 9.17) is 9.47 Å². The van der Waals surface area contributed by atoms with Gasteiger partial charge in [-0.15, -0.1) is 0 Å². The van der Waals surface area contributed by atoms with Crippen LogP contribution in [0.25, 0.3) is 0 Å². The molecule has 4 nitrogen and oxygen atoms in total. The maximum atomic E-state index is 13.8. The topological polar surface area (TPSA) is 48.4 Å². The van der Waals surface area contributed by atoms with E-state index in [1.54, 1.807) is 19.2 Å². The lowest BCUT2D eigenvalue weighted by molar-refractivity contribution is 0.101. The fourth-order valence-electron chi connectivity index (χ4n) is 1.88. The number of benzene rings is 1. The van der Waals surface area contributed by atoms with Gasteiger partial charge in [-0.3, -0.25) is 9.78 Å². The van der Waals surface area contributed by atoms with Gasteiger partial charge in [0, 0.05) is 23.4 Å². The van der Waals surface area contributed by atoms with E-state index in [0.29, 0.717) is 17.0 Å². The van der Waals surface area contributed by atoms with Crippen LogP contribution in [0.3, 0.4) is 0 Å². The lowest BCUT2D eigenvalue weighted by atomic mass is 10.1. The van der Waals surface area contributed by atoms with Crippen LogP contribution in [0.5, 0.6) is 11.5 Å². The molecule has 0 aliphatic carbocycles. The number of ether oxygens (including phenoxy) is 2. The highest BCUT2D eigenvalue weighted by molar-refractivity contribution is 5.94. The van der Waals surface area contributed by atoms with Crippen LogP contribution in [-0.2, 0) is 6.61 Å². The average molecular weight is 289 g/mol. The van der Waals surface area contributed by atoms with Crippen molar-refractivity contribution >= 4 is 5.78 Å². The number of ketones is 1. The van der Waals surface area contributed by atoms with Gasteiger partial charge in [0.25, 0.3) is 0 Å². The van der Waals surface area contributed by atoms with Gasteiger partial charge in [-0.1, -0.05) is 0 Å². The molecule has 0 saturated heterocycles. The minimum Gasteiger partial charge on any atom is -0.497 e. The zero-order valence-electron chi connectivity index (χ0n) is 12.1. The van der Waals surface area contributed by atoms with Gasteiger partial charge < -0.3 is 9.47 Å². The summed E-state index contributed by atoms with van der Waals surface area (Å²) in [5.74, 6) is 0.00336. The van der Waals surface area contributed by atoms with Gasteiger partial charge in [0.15, 0.2) is 17.3 Å². The molecular weight excluding hydrogens is 273 g/mol. The lowest BCUT2D eigenvalue weighted by Gasteiger charge is -2.09. The van der Waals surface area contributed by atoms with E-state index in [0.717, 1.165) is 5.69 Å². The van der Waals surface area contributed by atoms with Crippen LogP contribution >= 0.6 is 0 Å². The summed E-state index contributed by atoms with van der Waals surface area (Å²) in [6.45, 7) is 3.35. The van der Waals surface area contributed by atoms with Crippen molar-refractivity contribution in [3.8, 4) is 11.5 Å². The van der Waals surface area contributed by atoms with E-state index >= 15 is 0 Å². The number of pyridine rings is 1. The molecule has 0 fully saturated rings. The Hall–Kier alpha value is -2.43. The Kier molecular flexibility index (Phi) is 4.52. The molecule has 0 amide bonds. The Labute approximate surface area is 122 Å². The number of carbonyl (C=O) groups is 1. The molecule has 110 valence electrons. The minimum atomic E-state index is -0.567. The van der Waals surface area contributed by atoms with Crippen molar-refractivity contribution in [1.29, 1.82) is 0 Å². The van der Waals surface area contributed by atoms with Crippen LogP contribution in [0.15, 0.2) is 30.3 Å². The van der Waals surface area contributed by atoms with Crippen LogP contribution in [0.4, 0.5) is 4.39 Å². The second-order valence-corrected chi connectivity index (χ2v) is 4.63.